The van der Waals surface area contributed by atoms with Gasteiger partial charge in [-0.2, -0.15) is 0 Å². The number of nitrogens with zero attached hydrogens (tertiary/aromatic N) is 4. The predicted molar refractivity (Wildman–Crippen MR) is 164 cm³/mol. The first-order valence-corrected chi connectivity index (χ1v) is 15.1. The van der Waals surface area contributed by atoms with Gasteiger partial charge in [0.05, 0.1) is 22.1 Å². The standard InChI is InChI=1S/C30H36N6S2/c1-35(2)15-5-17-37-23-11-13-25-27(19-23)33-29(31-25)21-7-9-22(10-8-21)30-32-26-14-12-24(20-28(26)34-30)38-18-6-16-36(3)4/h7-14,19-20H,5-6,15-18H2,1-4H3,(H,31,33)(H,32,34). The van der Waals surface area contributed by atoms with Crippen LogP contribution in [-0.4, -0.2) is 82.5 Å². The van der Waals surface area contributed by atoms with Gasteiger partial charge in [-0.05, 0) is 102 Å². The van der Waals surface area contributed by atoms with Gasteiger partial charge in [0.2, 0.25) is 0 Å². The lowest BCUT2D eigenvalue weighted by molar-refractivity contribution is 0.410. The van der Waals surface area contributed by atoms with E-state index in [1.807, 2.05) is 23.5 Å². The zero-order chi connectivity index (χ0) is 26.5. The van der Waals surface area contributed by atoms with Crippen LogP contribution in [0.4, 0.5) is 0 Å². The second-order valence-corrected chi connectivity index (χ2v) is 12.5. The fourth-order valence-electron chi connectivity index (χ4n) is 4.35. The second kappa shape index (κ2) is 12.4. The molecule has 0 saturated heterocycles. The Morgan fingerprint density at radius 1 is 0.605 bits per heavy atom. The largest absolute Gasteiger partial charge is 0.338 e. The number of nitrogens with one attached hydrogen (secondary N) is 2. The predicted octanol–water partition coefficient (Wildman–Crippen LogP) is 6.86. The first-order chi connectivity index (χ1) is 18.4. The Morgan fingerprint density at radius 3 is 1.42 bits per heavy atom. The lowest BCUT2D eigenvalue weighted by Crippen LogP contribution is -2.13. The smallest absolute Gasteiger partial charge is 0.138 e. The molecule has 0 atom stereocenters. The Kier molecular flexibility index (Phi) is 8.74. The molecule has 0 aliphatic rings. The molecular formula is C30H36N6S2. The molecule has 38 heavy (non-hydrogen) atoms. The Morgan fingerprint density at radius 2 is 1.03 bits per heavy atom. The van der Waals surface area contributed by atoms with Gasteiger partial charge < -0.3 is 19.8 Å². The van der Waals surface area contributed by atoms with E-state index < -0.39 is 0 Å². The van der Waals surface area contributed by atoms with Crippen LogP contribution in [0.1, 0.15) is 12.8 Å². The summed E-state index contributed by atoms with van der Waals surface area (Å²) in [6.07, 6.45) is 2.35. The van der Waals surface area contributed by atoms with Crippen molar-refractivity contribution in [1.82, 2.24) is 29.7 Å². The molecule has 0 aliphatic carbocycles. The van der Waals surface area contributed by atoms with Gasteiger partial charge in [-0.3, -0.25) is 0 Å². The number of hydrogen-bond acceptors (Lipinski definition) is 6. The molecule has 0 radical (unpaired) electrons. The van der Waals surface area contributed by atoms with Crippen molar-refractivity contribution in [1.29, 1.82) is 0 Å². The maximum Gasteiger partial charge on any atom is 0.138 e. The third-order valence-electron chi connectivity index (χ3n) is 6.38. The molecule has 2 N–H and O–H groups in total. The van der Waals surface area contributed by atoms with Crippen molar-refractivity contribution in [3.8, 4) is 22.8 Å². The van der Waals surface area contributed by atoms with Gasteiger partial charge in [-0.25, -0.2) is 9.97 Å². The van der Waals surface area contributed by atoms with Crippen molar-refractivity contribution in [2.24, 2.45) is 0 Å². The van der Waals surface area contributed by atoms with Crippen LogP contribution in [0.5, 0.6) is 0 Å². The Bertz CT molecular complexity index is 1370. The fraction of sp³-hybridized carbons (Fsp3) is 0.333. The Hall–Kier alpha value is -2.78. The highest BCUT2D eigenvalue weighted by Gasteiger charge is 2.10. The Balaban J connectivity index is 1.26. The molecule has 6 nitrogen and oxygen atoms in total. The van der Waals surface area contributed by atoms with Crippen molar-refractivity contribution in [2.45, 2.75) is 22.6 Å². The molecule has 5 rings (SSSR count). The highest BCUT2D eigenvalue weighted by atomic mass is 32.2. The van der Waals surface area contributed by atoms with E-state index in [2.05, 4.69) is 109 Å². The van der Waals surface area contributed by atoms with Crippen LogP contribution in [-0.2, 0) is 0 Å². The summed E-state index contributed by atoms with van der Waals surface area (Å²) in [5.74, 6) is 4.01. The molecule has 0 bridgehead atoms. The van der Waals surface area contributed by atoms with Crippen molar-refractivity contribution in [2.75, 3.05) is 52.8 Å². The minimum Gasteiger partial charge on any atom is -0.338 e. The molecule has 2 heterocycles. The van der Waals surface area contributed by atoms with E-state index in [0.717, 1.165) is 69.4 Å². The number of fused-ring (bicyclic) bond motifs is 2. The van der Waals surface area contributed by atoms with Crippen LogP contribution in [0.15, 0.2) is 70.5 Å². The first-order valence-electron chi connectivity index (χ1n) is 13.1. The van der Waals surface area contributed by atoms with E-state index in [4.69, 9.17) is 9.97 Å². The van der Waals surface area contributed by atoms with E-state index in [1.54, 1.807) is 0 Å². The van der Waals surface area contributed by atoms with Crippen molar-refractivity contribution < 1.29 is 0 Å². The molecule has 0 fully saturated rings. The molecule has 0 spiro atoms. The quantitative estimate of drug-likeness (QED) is 0.132. The summed E-state index contributed by atoms with van der Waals surface area (Å²) in [7, 11) is 8.48. The second-order valence-electron chi connectivity index (χ2n) is 10.1. The molecule has 198 valence electrons. The van der Waals surface area contributed by atoms with Crippen molar-refractivity contribution >= 4 is 45.6 Å². The third kappa shape index (κ3) is 6.80. The van der Waals surface area contributed by atoms with Gasteiger partial charge in [-0.1, -0.05) is 24.3 Å². The van der Waals surface area contributed by atoms with Crippen LogP contribution < -0.4 is 0 Å². The summed E-state index contributed by atoms with van der Waals surface area (Å²) in [5, 5.41) is 0. The van der Waals surface area contributed by atoms with Gasteiger partial charge in [0, 0.05) is 20.9 Å². The van der Waals surface area contributed by atoms with E-state index >= 15 is 0 Å². The highest BCUT2D eigenvalue weighted by Crippen LogP contribution is 2.29. The molecule has 0 saturated carbocycles. The van der Waals surface area contributed by atoms with E-state index in [-0.39, 0.29) is 0 Å². The normalized spacial score (nSPS) is 11.9. The van der Waals surface area contributed by atoms with Crippen molar-refractivity contribution in [3.63, 3.8) is 0 Å². The zero-order valence-electron chi connectivity index (χ0n) is 22.6. The van der Waals surface area contributed by atoms with Gasteiger partial charge in [-0.15, -0.1) is 23.5 Å². The average molecular weight is 545 g/mol. The number of benzene rings is 3. The number of aromatic nitrogens is 4. The number of rotatable bonds is 12. The van der Waals surface area contributed by atoms with Crippen LogP contribution in [0, 0.1) is 0 Å². The van der Waals surface area contributed by atoms with Crippen LogP contribution in [0.2, 0.25) is 0 Å². The lowest BCUT2D eigenvalue weighted by atomic mass is 10.1. The summed E-state index contributed by atoms with van der Waals surface area (Å²) in [5.41, 5.74) is 6.28. The summed E-state index contributed by atoms with van der Waals surface area (Å²) in [6, 6.07) is 21.5. The van der Waals surface area contributed by atoms with Crippen LogP contribution in [0.25, 0.3) is 44.8 Å². The first kappa shape index (κ1) is 26.8. The number of thioether (sulfide) groups is 2. The SMILES string of the molecule is CN(C)CCCSc1ccc2[nH]c(-c3ccc(-c4nc5cc(SCCCN(C)C)ccc5[nH]4)cc3)nc2c1. The summed E-state index contributed by atoms with van der Waals surface area (Å²) in [4.78, 5) is 23.7. The maximum absolute atomic E-state index is 4.88. The lowest BCUT2D eigenvalue weighted by Gasteiger charge is -2.08. The molecule has 0 unspecified atom stereocenters. The average Bonchev–Trinajstić information content (AvgIpc) is 3.53. The highest BCUT2D eigenvalue weighted by molar-refractivity contribution is 7.99. The fourth-order valence-corrected chi connectivity index (χ4v) is 6.09. The summed E-state index contributed by atoms with van der Waals surface area (Å²) in [6.45, 7) is 2.23. The maximum atomic E-state index is 4.88. The monoisotopic (exact) mass is 544 g/mol. The summed E-state index contributed by atoms with van der Waals surface area (Å²) >= 11 is 3.79. The number of imidazole rings is 2. The van der Waals surface area contributed by atoms with Gasteiger partial charge in [0.1, 0.15) is 11.6 Å². The van der Waals surface area contributed by atoms with Gasteiger partial charge >= 0.3 is 0 Å². The number of aromatic amines is 2. The summed E-state index contributed by atoms with van der Waals surface area (Å²) < 4.78 is 0. The van der Waals surface area contributed by atoms with E-state index in [9.17, 15) is 0 Å². The molecule has 3 aromatic carbocycles. The van der Waals surface area contributed by atoms with Gasteiger partial charge in [0.15, 0.2) is 0 Å². The van der Waals surface area contributed by atoms with E-state index in [0.29, 0.717) is 0 Å². The van der Waals surface area contributed by atoms with Crippen LogP contribution in [0.3, 0.4) is 0 Å². The third-order valence-corrected chi connectivity index (χ3v) is 8.54. The molecule has 5 aromatic rings. The van der Waals surface area contributed by atoms with Gasteiger partial charge in [0.25, 0.3) is 0 Å². The molecular weight excluding hydrogens is 509 g/mol. The topological polar surface area (TPSA) is 63.8 Å². The number of hydrogen-bond donors (Lipinski definition) is 2. The zero-order valence-corrected chi connectivity index (χ0v) is 24.3. The molecule has 0 aliphatic heterocycles. The minimum absolute atomic E-state index is 0.891. The molecule has 2 aromatic heterocycles. The minimum atomic E-state index is 0.891. The molecule has 0 amide bonds. The number of H-pyrrole nitrogens is 2. The molecule has 8 heteroatoms. The van der Waals surface area contributed by atoms with Crippen molar-refractivity contribution in [3.05, 3.63) is 60.7 Å². The van der Waals surface area contributed by atoms with E-state index in [1.165, 1.54) is 22.6 Å². The van der Waals surface area contributed by atoms with Crippen LogP contribution >= 0.6 is 23.5 Å². The Labute approximate surface area is 233 Å².